The lowest BCUT2D eigenvalue weighted by atomic mass is 10.0. The Balaban J connectivity index is 2.23. The summed E-state index contributed by atoms with van der Waals surface area (Å²) in [6.45, 7) is 1.56. The maximum absolute atomic E-state index is 11.5. The van der Waals surface area contributed by atoms with Crippen LogP contribution in [0.3, 0.4) is 0 Å². The van der Waals surface area contributed by atoms with Crippen molar-refractivity contribution >= 4 is 21.7 Å². The number of hydrogen-bond donors (Lipinski definition) is 0. The van der Waals surface area contributed by atoms with Gasteiger partial charge in [0, 0.05) is 4.47 Å². The molecule has 0 bridgehead atoms. The van der Waals surface area contributed by atoms with Crippen molar-refractivity contribution in [1.29, 1.82) is 0 Å². The average Bonchev–Trinajstić information content (AvgIpc) is 2.30. The van der Waals surface area contributed by atoms with E-state index in [4.69, 9.17) is 4.74 Å². The molecule has 90 valence electrons. The molecule has 0 saturated heterocycles. The van der Waals surface area contributed by atoms with Gasteiger partial charge in [-0.1, -0.05) is 22.0 Å². The predicted octanol–water partition coefficient (Wildman–Crippen LogP) is 4.14. The quantitative estimate of drug-likeness (QED) is 0.619. The van der Waals surface area contributed by atoms with Crippen molar-refractivity contribution in [2.24, 2.45) is 0 Å². The van der Waals surface area contributed by atoms with Gasteiger partial charge in [0.25, 0.3) is 0 Å². The van der Waals surface area contributed by atoms with Crippen molar-refractivity contribution < 1.29 is 9.53 Å². The number of allylic oxidation sites excluding steroid dienone is 1. The second-order valence-corrected chi connectivity index (χ2v) is 5.13. The normalized spacial score (nSPS) is 19.1. The molecule has 0 amide bonds. The molecule has 0 N–H and O–H groups in total. The Morgan fingerprint density at radius 3 is 2.94 bits per heavy atom. The molecule has 1 aliphatic rings. The predicted molar refractivity (Wildman–Crippen MR) is 71.6 cm³/mol. The Labute approximate surface area is 110 Å². The number of halogens is 1. The van der Waals surface area contributed by atoms with Crippen LogP contribution >= 0.6 is 15.9 Å². The SMILES string of the molecule is CC(=O)c1ccc(Br)cc1OC1C=CCCC1. The molecule has 0 heterocycles. The molecule has 0 saturated carbocycles. The van der Waals surface area contributed by atoms with Crippen LogP contribution in [-0.4, -0.2) is 11.9 Å². The Morgan fingerprint density at radius 1 is 1.47 bits per heavy atom. The summed E-state index contributed by atoms with van der Waals surface area (Å²) in [5.74, 6) is 0.704. The smallest absolute Gasteiger partial charge is 0.163 e. The number of carbonyl (C=O) groups excluding carboxylic acids is 1. The topological polar surface area (TPSA) is 26.3 Å². The summed E-state index contributed by atoms with van der Waals surface area (Å²) in [5.41, 5.74) is 0.646. The molecule has 0 fully saturated rings. The van der Waals surface area contributed by atoms with E-state index in [1.165, 1.54) is 0 Å². The summed E-state index contributed by atoms with van der Waals surface area (Å²) >= 11 is 3.40. The van der Waals surface area contributed by atoms with Crippen LogP contribution in [0.4, 0.5) is 0 Å². The highest BCUT2D eigenvalue weighted by Crippen LogP contribution is 2.27. The van der Waals surface area contributed by atoms with Crippen molar-refractivity contribution in [2.45, 2.75) is 32.3 Å². The number of ether oxygens (including phenoxy) is 1. The maximum atomic E-state index is 11.5. The molecule has 17 heavy (non-hydrogen) atoms. The van der Waals surface area contributed by atoms with Crippen molar-refractivity contribution in [2.75, 3.05) is 0 Å². The zero-order valence-electron chi connectivity index (χ0n) is 9.78. The maximum Gasteiger partial charge on any atom is 0.163 e. The van der Waals surface area contributed by atoms with Crippen molar-refractivity contribution in [1.82, 2.24) is 0 Å². The number of carbonyl (C=O) groups is 1. The van der Waals surface area contributed by atoms with Gasteiger partial charge in [-0.15, -0.1) is 0 Å². The van der Waals surface area contributed by atoms with Crippen LogP contribution in [0.1, 0.15) is 36.5 Å². The van der Waals surface area contributed by atoms with Gasteiger partial charge in [0.2, 0.25) is 0 Å². The summed E-state index contributed by atoms with van der Waals surface area (Å²) in [6, 6.07) is 5.52. The fourth-order valence-corrected chi connectivity index (χ4v) is 2.27. The summed E-state index contributed by atoms with van der Waals surface area (Å²) in [4.78, 5) is 11.5. The van der Waals surface area contributed by atoms with Crippen LogP contribution in [0.25, 0.3) is 0 Å². The highest BCUT2D eigenvalue weighted by molar-refractivity contribution is 9.10. The van der Waals surface area contributed by atoms with Crippen LogP contribution in [0.15, 0.2) is 34.8 Å². The van der Waals surface area contributed by atoms with Gasteiger partial charge in [0.1, 0.15) is 11.9 Å². The third-order valence-corrected chi connectivity index (χ3v) is 3.30. The molecule has 1 aromatic rings. The molecule has 3 heteroatoms. The Hall–Kier alpha value is -1.09. The second-order valence-electron chi connectivity index (χ2n) is 4.21. The molecule has 1 atom stereocenters. The van der Waals surface area contributed by atoms with Gasteiger partial charge in [-0.2, -0.15) is 0 Å². The fraction of sp³-hybridized carbons (Fsp3) is 0.357. The monoisotopic (exact) mass is 294 g/mol. The highest BCUT2D eigenvalue weighted by atomic mass is 79.9. The molecule has 0 aromatic heterocycles. The number of Topliss-reactive ketones (excluding diaryl/α,β-unsaturated/α-hetero) is 1. The van der Waals surface area contributed by atoms with Gasteiger partial charge >= 0.3 is 0 Å². The number of benzene rings is 1. The molecule has 0 radical (unpaired) electrons. The van der Waals surface area contributed by atoms with E-state index in [-0.39, 0.29) is 11.9 Å². The number of ketones is 1. The molecule has 1 aromatic carbocycles. The Bertz CT molecular complexity index is 452. The second kappa shape index (κ2) is 5.50. The highest BCUT2D eigenvalue weighted by Gasteiger charge is 2.14. The molecule has 2 nitrogen and oxygen atoms in total. The van der Waals surface area contributed by atoms with Crippen LogP contribution in [0, 0.1) is 0 Å². The van der Waals surface area contributed by atoms with E-state index in [1.54, 1.807) is 13.0 Å². The lowest BCUT2D eigenvalue weighted by Gasteiger charge is -2.20. The molecule has 2 rings (SSSR count). The molecular weight excluding hydrogens is 280 g/mol. The summed E-state index contributed by atoms with van der Waals surface area (Å²) in [5, 5.41) is 0. The minimum atomic E-state index is 0.0345. The van der Waals surface area contributed by atoms with E-state index >= 15 is 0 Å². The zero-order chi connectivity index (χ0) is 12.3. The average molecular weight is 295 g/mol. The first-order chi connectivity index (χ1) is 8.16. The van der Waals surface area contributed by atoms with Crippen LogP contribution in [0.2, 0.25) is 0 Å². The van der Waals surface area contributed by atoms with Crippen LogP contribution < -0.4 is 4.74 Å². The van der Waals surface area contributed by atoms with Crippen LogP contribution in [0.5, 0.6) is 5.75 Å². The van der Waals surface area contributed by atoms with E-state index in [1.807, 2.05) is 12.1 Å². The third-order valence-electron chi connectivity index (χ3n) is 2.81. The van der Waals surface area contributed by atoms with Gasteiger partial charge in [-0.25, -0.2) is 0 Å². The zero-order valence-corrected chi connectivity index (χ0v) is 11.4. The molecular formula is C14H15BrO2. The molecule has 1 aliphatic carbocycles. The van der Waals surface area contributed by atoms with Crippen molar-refractivity contribution in [3.63, 3.8) is 0 Å². The third kappa shape index (κ3) is 3.19. The lowest BCUT2D eigenvalue weighted by Crippen LogP contribution is -2.17. The van der Waals surface area contributed by atoms with Crippen molar-refractivity contribution in [3.8, 4) is 5.75 Å². The minimum absolute atomic E-state index is 0.0345. The standard InChI is InChI=1S/C14H15BrO2/c1-10(16)13-8-7-11(15)9-14(13)17-12-5-3-2-4-6-12/h3,5,7-9,12H,2,4,6H2,1H3. The van der Waals surface area contributed by atoms with E-state index in [9.17, 15) is 4.79 Å². The molecule has 0 spiro atoms. The van der Waals surface area contributed by atoms with Crippen molar-refractivity contribution in [3.05, 3.63) is 40.4 Å². The number of hydrogen-bond acceptors (Lipinski definition) is 2. The first kappa shape index (κ1) is 12.4. The Morgan fingerprint density at radius 2 is 2.29 bits per heavy atom. The summed E-state index contributed by atoms with van der Waals surface area (Å²) < 4.78 is 6.82. The van der Waals surface area contributed by atoms with Gasteiger partial charge < -0.3 is 4.74 Å². The van der Waals surface area contributed by atoms with Gasteiger partial charge in [0.05, 0.1) is 5.56 Å². The summed E-state index contributed by atoms with van der Waals surface area (Å²) in [7, 11) is 0. The largest absolute Gasteiger partial charge is 0.486 e. The number of rotatable bonds is 3. The first-order valence-electron chi connectivity index (χ1n) is 5.80. The minimum Gasteiger partial charge on any atom is -0.486 e. The van der Waals surface area contributed by atoms with E-state index in [0.29, 0.717) is 11.3 Å². The van der Waals surface area contributed by atoms with E-state index < -0.39 is 0 Å². The van der Waals surface area contributed by atoms with Gasteiger partial charge in [-0.05, 0) is 50.5 Å². The van der Waals surface area contributed by atoms with Crippen LogP contribution in [-0.2, 0) is 0 Å². The molecule has 0 aliphatic heterocycles. The summed E-state index contributed by atoms with van der Waals surface area (Å²) in [6.07, 6.45) is 7.59. The van der Waals surface area contributed by atoms with Gasteiger partial charge in [-0.3, -0.25) is 4.79 Å². The fourth-order valence-electron chi connectivity index (χ4n) is 1.93. The Kier molecular flexibility index (Phi) is 4.00. The lowest BCUT2D eigenvalue weighted by molar-refractivity contribution is 0.101. The van der Waals surface area contributed by atoms with E-state index in [0.717, 1.165) is 23.7 Å². The van der Waals surface area contributed by atoms with Gasteiger partial charge in [0.15, 0.2) is 5.78 Å². The molecule has 1 unspecified atom stereocenters. The van der Waals surface area contributed by atoms with E-state index in [2.05, 4.69) is 28.1 Å². The first-order valence-corrected chi connectivity index (χ1v) is 6.60.